The predicted molar refractivity (Wildman–Crippen MR) is 77.9 cm³/mol. The predicted octanol–water partition coefficient (Wildman–Crippen LogP) is 4.56. The number of hydrogen-bond donors (Lipinski definition) is 0. The molecular weight excluding hydrogens is 240 g/mol. The number of benzene rings is 1. The molecule has 2 atom stereocenters. The van der Waals surface area contributed by atoms with Crippen molar-refractivity contribution in [2.45, 2.75) is 50.2 Å². The first-order valence-electron chi connectivity index (χ1n) is 6.71. The van der Waals surface area contributed by atoms with Crippen molar-refractivity contribution in [2.75, 3.05) is 0 Å². The van der Waals surface area contributed by atoms with E-state index in [9.17, 15) is 4.79 Å². The van der Waals surface area contributed by atoms with Crippen molar-refractivity contribution in [1.82, 2.24) is 0 Å². The van der Waals surface area contributed by atoms with Gasteiger partial charge in [-0.2, -0.15) is 0 Å². The van der Waals surface area contributed by atoms with Gasteiger partial charge in [-0.05, 0) is 36.3 Å². The second-order valence-electron chi connectivity index (χ2n) is 6.22. The number of carbonyl (C=O) groups excluding carboxylic acids is 1. The summed E-state index contributed by atoms with van der Waals surface area (Å²) in [5.41, 5.74) is 0.316. The van der Waals surface area contributed by atoms with Crippen molar-refractivity contribution in [2.24, 2.45) is 11.3 Å². The van der Waals surface area contributed by atoms with Crippen molar-refractivity contribution in [3.63, 3.8) is 0 Å². The van der Waals surface area contributed by atoms with E-state index < -0.39 is 0 Å². The van der Waals surface area contributed by atoms with Crippen LogP contribution in [0.1, 0.15) is 40.0 Å². The summed E-state index contributed by atoms with van der Waals surface area (Å²) in [6.07, 6.45) is 2.85. The molecule has 1 aliphatic rings. The number of Topliss-reactive ketones (excluding diaryl/α,β-unsaturated/α-hetero) is 1. The molecule has 0 saturated heterocycles. The molecule has 0 bridgehead atoms. The first-order valence-corrected chi connectivity index (χ1v) is 7.59. The van der Waals surface area contributed by atoms with Crippen LogP contribution in [0.4, 0.5) is 0 Å². The number of rotatable bonds is 2. The Morgan fingerprint density at radius 1 is 1.17 bits per heavy atom. The molecule has 0 aliphatic heterocycles. The molecule has 18 heavy (non-hydrogen) atoms. The summed E-state index contributed by atoms with van der Waals surface area (Å²) in [4.78, 5) is 13.3. The molecule has 0 amide bonds. The molecule has 98 valence electrons. The maximum atomic E-state index is 12.1. The zero-order chi connectivity index (χ0) is 13.2. The Morgan fingerprint density at radius 2 is 1.83 bits per heavy atom. The Bertz CT molecular complexity index is 405. The van der Waals surface area contributed by atoms with Crippen LogP contribution < -0.4 is 0 Å². The van der Waals surface area contributed by atoms with E-state index in [0.717, 1.165) is 19.3 Å². The van der Waals surface area contributed by atoms with Crippen LogP contribution >= 0.6 is 11.8 Å². The molecule has 1 aromatic rings. The molecule has 1 aromatic carbocycles. The fourth-order valence-corrected chi connectivity index (χ4v) is 3.77. The Morgan fingerprint density at radius 3 is 2.44 bits per heavy atom. The summed E-state index contributed by atoms with van der Waals surface area (Å²) in [6.45, 7) is 6.87. The third kappa shape index (κ3) is 3.38. The van der Waals surface area contributed by atoms with E-state index in [1.807, 2.05) is 18.2 Å². The summed E-state index contributed by atoms with van der Waals surface area (Å²) in [7, 11) is 0. The average molecular weight is 262 g/mol. The standard InChI is InChI=1S/C16H22OS/c1-16(2,3)12-9-10-14(17)15(11-12)18-13-7-5-4-6-8-13/h4-8,12,15H,9-11H2,1-3H3/t12-,15-/m0/s1. The van der Waals surface area contributed by atoms with E-state index in [4.69, 9.17) is 0 Å². The van der Waals surface area contributed by atoms with Gasteiger partial charge in [0.05, 0.1) is 5.25 Å². The van der Waals surface area contributed by atoms with Crippen molar-refractivity contribution < 1.29 is 4.79 Å². The third-order valence-electron chi connectivity index (χ3n) is 3.84. The number of carbonyl (C=O) groups is 1. The Kier molecular flexibility index (Phi) is 4.16. The van der Waals surface area contributed by atoms with Crippen LogP contribution in [0.15, 0.2) is 35.2 Å². The largest absolute Gasteiger partial charge is 0.298 e. The molecule has 0 radical (unpaired) electrons. The highest BCUT2D eigenvalue weighted by Crippen LogP contribution is 2.41. The molecule has 1 fully saturated rings. The second kappa shape index (κ2) is 5.48. The van der Waals surface area contributed by atoms with E-state index in [-0.39, 0.29) is 5.25 Å². The third-order valence-corrected chi connectivity index (χ3v) is 5.13. The zero-order valence-electron chi connectivity index (χ0n) is 11.5. The molecule has 0 heterocycles. The van der Waals surface area contributed by atoms with E-state index in [2.05, 4.69) is 32.9 Å². The minimum absolute atomic E-state index is 0.158. The van der Waals surface area contributed by atoms with Crippen LogP contribution in [0.3, 0.4) is 0 Å². The Labute approximate surface area is 114 Å². The molecule has 0 spiro atoms. The molecule has 0 unspecified atom stereocenters. The molecule has 1 saturated carbocycles. The fourth-order valence-electron chi connectivity index (χ4n) is 2.55. The lowest BCUT2D eigenvalue weighted by Gasteiger charge is -2.36. The quantitative estimate of drug-likeness (QED) is 0.777. The van der Waals surface area contributed by atoms with Crippen molar-refractivity contribution >= 4 is 17.5 Å². The number of thioether (sulfide) groups is 1. The minimum Gasteiger partial charge on any atom is -0.298 e. The topological polar surface area (TPSA) is 17.1 Å². The van der Waals surface area contributed by atoms with E-state index >= 15 is 0 Å². The van der Waals surface area contributed by atoms with Crippen LogP contribution in [-0.2, 0) is 4.79 Å². The van der Waals surface area contributed by atoms with Gasteiger partial charge in [0.1, 0.15) is 5.78 Å². The number of ketones is 1. The summed E-state index contributed by atoms with van der Waals surface area (Å²) in [6, 6.07) is 10.3. The Balaban J connectivity index is 2.05. The molecule has 0 N–H and O–H groups in total. The van der Waals surface area contributed by atoms with Gasteiger partial charge in [0.2, 0.25) is 0 Å². The maximum Gasteiger partial charge on any atom is 0.146 e. The molecule has 2 rings (SSSR count). The van der Waals surface area contributed by atoms with Crippen LogP contribution in [0.25, 0.3) is 0 Å². The minimum atomic E-state index is 0.158. The van der Waals surface area contributed by atoms with Gasteiger partial charge in [-0.15, -0.1) is 11.8 Å². The number of hydrogen-bond acceptors (Lipinski definition) is 2. The lowest BCUT2D eigenvalue weighted by molar-refractivity contribution is -0.121. The highest BCUT2D eigenvalue weighted by atomic mass is 32.2. The van der Waals surface area contributed by atoms with Crippen molar-refractivity contribution in [1.29, 1.82) is 0 Å². The van der Waals surface area contributed by atoms with Gasteiger partial charge < -0.3 is 0 Å². The van der Waals surface area contributed by atoms with Gasteiger partial charge >= 0.3 is 0 Å². The van der Waals surface area contributed by atoms with Crippen LogP contribution in [0.5, 0.6) is 0 Å². The van der Waals surface area contributed by atoms with Gasteiger partial charge in [0, 0.05) is 11.3 Å². The van der Waals surface area contributed by atoms with Crippen molar-refractivity contribution in [3.8, 4) is 0 Å². The van der Waals surface area contributed by atoms with Gasteiger partial charge in [0.25, 0.3) is 0 Å². The highest BCUT2D eigenvalue weighted by Gasteiger charge is 2.35. The SMILES string of the molecule is CC(C)(C)[C@H]1CCC(=O)[C@@H](Sc2ccccc2)C1. The van der Waals surface area contributed by atoms with Gasteiger partial charge in [-0.25, -0.2) is 0 Å². The first-order chi connectivity index (χ1) is 8.47. The zero-order valence-corrected chi connectivity index (χ0v) is 12.3. The van der Waals surface area contributed by atoms with Crippen LogP contribution in [0.2, 0.25) is 0 Å². The lowest BCUT2D eigenvalue weighted by Crippen LogP contribution is -2.33. The fraction of sp³-hybridized carbons (Fsp3) is 0.562. The van der Waals surface area contributed by atoms with Gasteiger partial charge in [-0.1, -0.05) is 39.0 Å². The summed E-state index contributed by atoms with van der Waals surface area (Å²) < 4.78 is 0. The van der Waals surface area contributed by atoms with Crippen molar-refractivity contribution in [3.05, 3.63) is 30.3 Å². The summed E-state index contributed by atoms with van der Waals surface area (Å²) in [5.74, 6) is 1.10. The smallest absolute Gasteiger partial charge is 0.146 e. The molecule has 1 aliphatic carbocycles. The average Bonchev–Trinajstić information content (AvgIpc) is 2.32. The van der Waals surface area contributed by atoms with Crippen LogP contribution in [-0.4, -0.2) is 11.0 Å². The molecular formula is C16H22OS. The second-order valence-corrected chi connectivity index (χ2v) is 7.50. The van der Waals surface area contributed by atoms with E-state index in [1.165, 1.54) is 4.90 Å². The summed E-state index contributed by atoms with van der Waals surface area (Å²) >= 11 is 1.74. The highest BCUT2D eigenvalue weighted by molar-refractivity contribution is 8.00. The maximum absolute atomic E-state index is 12.1. The van der Waals surface area contributed by atoms with Gasteiger partial charge in [-0.3, -0.25) is 4.79 Å². The molecule has 2 heteroatoms. The lowest BCUT2D eigenvalue weighted by atomic mass is 9.72. The first kappa shape index (κ1) is 13.7. The monoisotopic (exact) mass is 262 g/mol. The van der Waals surface area contributed by atoms with Gasteiger partial charge in [0.15, 0.2) is 0 Å². The van der Waals surface area contributed by atoms with Crippen LogP contribution in [0, 0.1) is 11.3 Å². The normalized spacial score (nSPS) is 25.2. The molecule has 0 aromatic heterocycles. The summed E-state index contributed by atoms with van der Waals surface area (Å²) in [5, 5.41) is 0.158. The van der Waals surface area contributed by atoms with E-state index in [0.29, 0.717) is 17.1 Å². The van der Waals surface area contributed by atoms with E-state index in [1.54, 1.807) is 11.8 Å². The Hall–Kier alpha value is -0.760. The molecule has 1 nitrogen and oxygen atoms in total.